The summed E-state index contributed by atoms with van der Waals surface area (Å²) in [4.78, 5) is 51.7. The van der Waals surface area contributed by atoms with E-state index >= 15 is 0 Å². The lowest BCUT2D eigenvalue weighted by atomic mass is 9.85. The van der Waals surface area contributed by atoms with E-state index in [0.29, 0.717) is 23.6 Å². The highest BCUT2D eigenvalue weighted by atomic mass is 35.5. The van der Waals surface area contributed by atoms with Gasteiger partial charge in [-0.25, -0.2) is 0 Å². The van der Waals surface area contributed by atoms with E-state index in [1.54, 1.807) is 24.3 Å². The van der Waals surface area contributed by atoms with E-state index in [2.05, 4.69) is 5.32 Å². The molecule has 1 aliphatic carbocycles. The van der Waals surface area contributed by atoms with E-state index in [1.807, 2.05) is 12.2 Å². The van der Waals surface area contributed by atoms with Crippen molar-refractivity contribution in [3.8, 4) is 0 Å². The molecule has 0 saturated carbocycles. The molecule has 2 aliphatic rings. The zero-order chi connectivity index (χ0) is 20.3. The molecule has 28 heavy (non-hydrogen) atoms. The Labute approximate surface area is 168 Å². The summed E-state index contributed by atoms with van der Waals surface area (Å²) in [5.74, 6) is -1.64. The molecule has 7 nitrogen and oxygen atoms in total. The normalized spacial score (nSPS) is 20.9. The molecular weight excluding hydrogens is 382 g/mol. The molecule has 1 N–H and O–H groups in total. The minimum Gasteiger partial charge on any atom is -0.336 e. The van der Waals surface area contributed by atoms with Crippen LogP contribution in [0, 0.1) is 11.8 Å². The Kier molecular flexibility index (Phi) is 6.14. The van der Waals surface area contributed by atoms with Crippen LogP contribution in [0.3, 0.4) is 0 Å². The molecular formula is C20H22ClN3O4. The first kappa shape index (κ1) is 20.1. The molecule has 3 rings (SSSR count). The number of carbonyl (C=O) groups excluding carboxylic acids is 4. The average Bonchev–Trinajstić information content (AvgIpc) is 2.92. The predicted molar refractivity (Wildman–Crippen MR) is 104 cm³/mol. The number of hydrogen-bond acceptors (Lipinski definition) is 4. The SMILES string of the molecule is CN(CC(=O)Nc1ccc(Cl)cc1)C(=O)CCN1C(=O)[C@H]2CC=CC[C@H]2C1=O. The largest absolute Gasteiger partial charge is 0.336 e. The van der Waals surface area contributed by atoms with Crippen LogP contribution in [0.1, 0.15) is 19.3 Å². The minimum atomic E-state index is -0.344. The van der Waals surface area contributed by atoms with Crippen molar-refractivity contribution >= 4 is 40.9 Å². The smallest absolute Gasteiger partial charge is 0.243 e. The first-order chi connectivity index (χ1) is 13.4. The van der Waals surface area contributed by atoms with E-state index in [9.17, 15) is 19.2 Å². The molecule has 1 aromatic carbocycles. The molecule has 1 aromatic rings. The second kappa shape index (κ2) is 8.56. The van der Waals surface area contributed by atoms with E-state index in [4.69, 9.17) is 11.6 Å². The number of anilines is 1. The van der Waals surface area contributed by atoms with Crippen LogP contribution in [0.25, 0.3) is 0 Å². The van der Waals surface area contributed by atoms with Gasteiger partial charge in [-0.1, -0.05) is 23.8 Å². The fourth-order valence-electron chi connectivity index (χ4n) is 3.53. The Morgan fingerprint density at radius 1 is 1.11 bits per heavy atom. The molecule has 0 radical (unpaired) electrons. The number of nitrogens with one attached hydrogen (secondary N) is 1. The van der Waals surface area contributed by atoms with Crippen LogP contribution in [-0.2, 0) is 19.2 Å². The van der Waals surface area contributed by atoms with E-state index in [1.165, 1.54) is 16.8 Å². The van der Waals surface area contributed by atoms with Crippen molar-refractivity contribution in [2.24, 2.45) is 11.8 Å². The Hall–Kier alpha value is -2.67. The van der Waals surface area contributed by atoms with Gasteiger partial charge in [-0.2, -0.15) is 0 Å². The quantitative estimate of drug-likeness (QED) is 0.582. The number of halogens is 1. The van der Waals surface area contributed by atoms with Crippen molar-refractivity contribution in [3.63, 3.8) is 0 Å². The second-order valence-corrected chi connectivity index (χ2v) is 7.48. The van der Waals surface area contributed by atoms with Crippen molar-refractivity contribution in [2.45, 2.75) is 19.3 Å². The number of carbonyl (C=O) groups is 4. The molecule has 148 valence electrons. The second-order valence-electron chi connectivity index (χ2n) is 7.04. The Balaban J connectivity index is 1.48. The van der Waals surface area contributed by atoms with Gasteiger partial charge in [0.2, 0.25) is 23.6 Å². The van der Waals surface area contributed by atoms with Crippen LogP contribution in [0.15, 0.2) is 36.4 Å². The lowest BCUT2D eigenvalue weighted by molar-refractivity contribution is -0.141. The van der Waals surface area contributed by atoms with E-state index < -0.39 is 0 Å². The fourth-order valence-corrected chi connectivity index (χ4v) is 3.65. The van der Waals surface area contributed by atoms with Gasteiger partial charge in [-0.3, -0.25) is 24.1 Å². The van der Waals surface area contributed by atoms with Gasteiger partial charge in [0.15, 0.2) is 0 Å². The molecule has 1 saturated heterocycles. The lowest BCUT2D eigenvalue weighted by Crippen LogP contribution is -2.38. The number of likely N-dealkylation sites (N-methyl/N-ethyl adjacent to an activating group) is 1. The number of nitrogens with zero attached hydrogens (tertiary/aromatic N) is 2. The van der Waals surface area contributed by atoms with Gasteiger partial charge in [-0.05, 0) is 37.1 Å². The van der Waals surface area contributed by atoms with E-state index in [0.717, 1.165) is 0 Å². The zero-order valence-corrected chi connectivity index (χ0v) is 16.3. The first-order valence-corrected chi connectivity index (χ1v) is 9.54. The van der Waals surface area contributed by atoms with Crippen LogP contribution in [0.4, 0.5) is 5.69 Å². The number of amides is 4. The summed E-state index contributed by atoms with van der Waals surface area (Å²) >= 11 is 5.80. The summed E-state index contributed by atoms with van der Waals surface area (Å²) in [5, 5.41) is 3.24. The molecule has 2 atom stereocenters. The molecule has 0 aromatic heterocycles. The van der Waals surface area contributed by atoms with Gasteiger partial charge < -0.3 is 10.2 Å². The van der Waals surface area contributed by atoms with Crippen molar-refractivity contribution < 1.29 is 19.2 Å². The highest BCUT2D eigenvalue weighted by Gasteiger charge is 2.46. The number of benzene rings is 1. The monoisotopic (exact) mass is 403 g/mol. The summed E-state index contributed by atoms with van der Waals surface area (Å²) in [6.07, 6.45) is 4.99. The summed E-state index contributed by atoms with van der Waals surface area (Å²) in [6.45, 7) is -0.0782. The van der Waals surface area contributed by atoms with Gasteiger partial charge in [0.25, 0.3) is 0 Å². The fraction of sp³-hybridized carbons (Fsp3) is 0.400. The van der Waals surface area contributed by atoms with Crippen molar-refractivity contribution in [2.75, 3.05) is 25.5 Å². The predicted octanol–water partition coefficient (Wildman–Crippen LogP) is 2.08. The maximum Gasteiger partial charge on any atom is 0.243 e. The maximum atomic E-state index is 12.4. The number of imide groups is 1. The summed E-state index contributed by atoms with van der Waals surface area (Å²) < 4.78 is 0. The lowest BCUT2D eigenvalue weighted by Gasteiger charge is -2.19. The van der Waals surface area contributed by atoms with Crippen LogP contribution >= 0.6 is 11.6 Å². The van der Waals surface area contributed by atoms with Crippen LogP contribution in [-0.4, -0.2) is 53.6 Å². The van der Waals surface area contributed by atoms with Crippen LogP contribution in [0.5, 0.6) is 0 Å². The Morgan fingerprint density at radius 2 is 1.68 bits per heavy atom. The maximum absolute atomic E-state index is 12.4. The molecule has 0 spiro atoms. The zero-order valence-electron chi connectivity index (χ0n) is 15.6. The van der Waals surface area contributed by atoms with Crippen LogP contribution < -0.4 is 5.32 Å². The molecule has 0 unspecified atom stereocenters. The van der Waals surface area contributed by atoms with Gasteiger partial charge in [0.1, 0.15) is 0 Å². The first-order valence-electron chi connectivity index (χ1n) is 9.16. The van der Waals surface area contributed by atoms with Gasteiger partial charge in [0.05, 0.1) is 18.4 Å². The number of hydrogen-bond donors (Lipinski definition) is 1. The topological polar surface area (TPSA) is 86.8 Å². The van der Waals surface area contributed by atoms with E-state index in [-0.39, 0.29) is 55.0 Å². The third kappa shape index (κ3) is 4.42. The molecule has 8 heteroatoms. The van der Waals surface area contributed by atoms with Crippen molar-refractivity contribution in [1.29, 1.82) is 0 Å². The van der Waals surface area contributed by atoms with Crippen LogP contribution in [0.2, 0.25) is 5.02 Å². The minimum absolute atomic E-state index is 0.00489. The standard InChI is InChI=1S/C20H22ClN3O4/c1-23(12-17(25)22-14-8-6-13(21)7-9-14)18(26)10-11-24-19(27)15-4-2-3-5-16(15)20(24)28/h2-3,6-9,15-16H,4-5,10-12H2,1H3,(H,22,25)/t15-,16+. The van der Waals surface area contributed by atoms with Gasteiger partial charge >= 0.3 is 0 Å². The van der Waals surface area contributed by atoms with Gasteiger partial charge in [-0.15, -0.1) is 0 Å². The Morgan fingerprint density at radius 3 is 2.25 bits per heavy atom. The summed E-state index contributed by atoms with van der Waals surface area (Å²) in [5.41, 5.74) is 0.583. The Bertz CT molecular complexity index is 795. The number of fused-ring (bicyclic) bond motifs is 1. The molecule has 1 aliphatic heterocycles. The average molecular weight is 404 g/mol. The summed E-state index contributed by atoms with van der Waals surface area (Å²) in [6, 6.07) is 6.65. The molecule has 1 fully saturated rings. The third-order valence-electron chi connectivity index (χ3n) is 5.08. The third-order valence-corrected chi connectivity index (χ3v) is 5.33. The van der Waals surface area contributed by atoms with Gasteiger partial charge in [0, 0.05) is 30.7 Å². The van der Waals surface area contributed by atoms with Crippen molar-refractivity contribution in [1.82, 2.24) is 9.80 Å². The van der Waals surface area contributed by atoms with Crippen molar-refractivity contribution in [3.05, 3.63) is 41.4 Å². The highest BCUT2D eigenvalue weighted by Crippen LogP contribution is 2.35. The highest BCUT2D eigenvalue weighted by molar-refractivity contribution is 6.30. The summed E-state index contributed by atoms with van der Waals surface area (Å²) in [7, 11) is 1.51. The number of rotatable bonds is 6. The number of allylic oxidation sites excluding steroid dienone is 2. The molecule has 0 bridgehead atoms. The molecule has 4 amide bonds. The number of likely N-dealkylation sites (tertiary alicyclic amines) is 1. The molecule has 1 heterocycles.